The second-order valence-corrected chi connectivity index (χ2v) is 2.53. The maximum atomic E-state index is 9.29. The van der Waals surface area contributed by atoms with E-state index in [0.717, 1.165) is 0 Å². The monoisotopic (exact) mass is 182 g/mol. The SMILES string of the molecule is CCOc1cc(O)cc(OCC)c1. The number of ether oxygens (including phenoxy) is 2. The van der Waals surface area contributed by atoms with Gasteiger partial charge in [0.25, 0.3) is 0 Å². The molecule has 0 saturated carbocycles. The fourth-order valence-corrected chi connectivity index (χ4v) is 1.06. The van der Waals surface area contributed by atoms with E-state index in [0.29, 0.717) is 24.7 Å². The van der Waals surface area contributed by atoms with E-state index in [4.69, 9.17) is 9.47 Å². The number of phenolic OH excluding ortho intramolecular Hbond substituents is 1. The van der Waals surface area contributed by atoms with Crippen LogP contribution in [0.15, 0.2) is 18.2 Å². The second kappa shape index (κ2) is 4.60. The van der Waals surface area contributed by atoms with Crippen molar-refractivity contribution in [3.8, 4) is 17.2 Å². The number of benzene rings is 1. The molecule has 1 aromatic carbocycles. The minimum Gasteiger partial charge on any atom is -0.508 e. The predicted octanol–water partition coefficient (Wildman–Crippen LogP) is 2.19. The van der Waals surface area contributed by atoms with Crippen LogP contribution < -0.4 is 9.47 Å². The van der Waals surface area contributed by atoms with Crippen molar-refractivity contribution in [2.75, 3.05) is 13.2 Å². The van der Waals surface area contributed by atoms with E-state index in [2.05, 4.69) is 0 Å². The van der Waals surface area contributed by atoms with Crippen molar-refractivity contribution >= 4 is 0 Å². The number of hydrogen-bond acceptors (Lipinski definition) is 3. The summed E-state index contributed by atoms with van der Waals surface area (Å²) in [5, 5.41) is 9.29. The van der Waals surface area contributed by atoms with E-state index in [-0.39, 0.29) is 5.75 Å². The van der Waals surface area contributed by atoms with Crippen LogP contribution in [0.25, 0.3) is 0 Å². The molecule has 0 amide bonds. The van der Waals surface area contributed by atoms with Crippen LogP contribution >= 0.6 is 0 Å². The van der Waals surface area contributed by atoms with Crippen LogP contribution in [0.3, 0.4) is 0 Å². The van der Waals surface area contributed by atoms with Crippen molar-refractivity contribution in [2.24, 2.45) is 0 Å². The molecule has 1 aromatic rings. The topological polar surface area (TPSA) is 38.7 Å². The van der Waals surface area contributed by atoms with Crippen LogP contribution in [0.4, 0.5) is 0 Å². The Balaban J connectivity index is 2.83. The third kappa shape index (κ3) is 2.86. The fourth-order valence-electron chi connectivity index (χ4n) is 1.06. The summed E-state index contributed by atoms with van der Waals surface area (Å²) in [6.07, 6.45) is 0. The zero-order valence-corrected chi connectivity index (χ0v) is 7.91. The third-order valence-electron chi connectivity index (χ3n) is 1.49. The summed E-state index contributed by atoms with van der Waals surface area (Å²) in [5.74, 6) is 1.42. The van der Waals surface area contributed by atoms with Crippen LogP contribution in [0, 0.1) is 0 Å². The van der Waals surface area contributed by atoms with Crippen LogP contribution in [0.1, 0.15) is 13.8 Å². The van der Waals surface area contributed by atoms with E-state index in [1.807, 2.05) is 13.8 Å². The Morgan fingerprint density at radius 1 is 1.00 bits per heavy atom. The molecule has 0 aliphatic heterocycles. The smallest absolute Gasteiger partial charge is 0.126 e. The molecule has 1 rings (SSSR count). The molecule has 0 aliphatic carbocycles. The zero-order chi connectivity index (χ0) is 9.68. The summed E-state index contributed by atoms with van der Waals surface area (Å²) in [6, 6.07) is 4.88. The maximum absolute atomic E-state index is 9.29. The highest BCUT2D eigenvalue weighted by Crippen LogP contribution is 2.26. The predicted molar refractivity (Wildman–Crippen MR) is 50.4 cm³/mol. The molecule has 13 heavy (non-hydrogen) atoms. The van der Waals surface area contributed by atoms with Crippen LogP contribution in [-0.4, -0.2) is 18.3 Å². The van der Waals surface area contributed by atoms with Crippen molar-refractivity contribution in [1.82, 2.24) is 0 Å². The Morgan fingerprint density at radius 2 is 1.46 bits per heavy atom. The molecule has 0 fully saturated rings. The molecule has 0 bridgehead atoms. The van der Waals surface area contributed by atoms with Crippen molar-refractivity contribution < 1.29 is 14.6 Å². The van der Waals surface area contributed by atoms with E-state index >= 15 is 0 Å². The lowest BCUT2D eigenvalue weighted by Gasteiger charge is -2.07. The first-order chi connectivity index (χ1) is 6.26. The normalized spacial score (nSPS) is 9.69. The highest BCUT2D eigenvalue weighted by Gasteiger charge is 2.00. The van der Waals surface area contributed by atoms with Gasteiger partial charge >= 0.3 is 0 Å². The summed E-state index contributed by atoms with van der Waals surface area (Å²) < 4.78 is 10.5. The van der Waals surface area contributed by atoms with Gasteiger partial charge in [0.05, 0.1) is 13.2 Å². The van der Waals surface area contributed by atoms with Gasteiger partial charge in [0, 0.05) is 18.2 Å². The molecule has 72 valence electrons. The first-order valence-corrected chi connectivity index (χ1v) is 4.36. The molecule has 0 radical (unpaired) electrons. The van der Waals surface area contributed by atoms with Crippen molar-refractivity contribution in [3.05, 3.63) is 18.2 Å². The van der Waals surface area contributed by atoms with Gasteiger partial charge in [0.1, 0.15) is 17.2 Å². The number of hydrogen-bond donors (Lipinski definition) is 1. The minimum atomic E-state index is 0.161. The fraction of sp³-hybridized carbons (Fsp3) is 0.400. The van der Waals surface area contributed by atoms with Gasteiger partial charge < -0.3 is 14.6 Å². The van der Waals surface area contributed by atoms with Gasteiger partial charge in [-0.25, -0.2) is 0 Å². The van der Waals surface area contributed by atoms with Crippen molar-refractivity contribution in [3.63, 3.8) is 0 Å². The highest BCUT2D eigenvalue weighted by atomic mass is 16.5. The first kappa shape index (κ1) is 9.71. The number of aromatic hydroxyl groups is 1. The van der Waals surface area contributed by atoms with E-state index in [1.54, 1.807) is 18.2 Å². The zero-order valence-electron chi connectivity index (χ0n) is 7.91. The summed E-state index contributed by atoms with van der Waals surface area (Å²) in [7, 11) is 0. The molecule has 0 unspecified atom stereocenters. The first-order valence-electron chi connectivity index (χ1n) is 4.36. The van der Waals surface area contributed by atoms with Crippen molar-refractivity contribution in [2.45, 2.75) is 13.8 Å². The Morgan fingerprint density at radius 3 is 1.85 bits per heavy atom. The van der Waals surface area contributed by atoms with Crippen LogP contribution in [-0.2, 0) is 0 Å². The largest absolute Gasteiger partial charge is 0.508 e. The maximum Gasteiger partial charge on any atom is 0.126 e. The highest BCUT2D eigenvalue weighted by molar-refractivity contribution is 5.41. The molecule has 0 heterocycles. The summed E-state index contributed by atoms with van der Waals surface area (Å²) >= 11 is 0. The second-order valence-electron chi connectivity index (χ2n) is 2.53. The van der Waals surface area contributed by atoms with Gasteiger partial charge in [0.15, 0.2) is 0 Å². The third-order valence-corrected chi connectivity index (χ3v) is 1.49. The minimum absolute atomic E-state index is 0.161. The molecule has 0 aromatic heterocycles. The van der Waals surface area contributed by atoms with E-state index < -0.39 is 0 Å². The van der Waals surface area contributed by atoms with Gasteiger partial charge in [-0.15, -0.1) is 0 Å². The number of rotatable bonds is 4. The Kier molecular flexibility index (Phi) is 3.43. The van der Waals surface area contributed by atoms with Gasteiger partial charge in [-0.3, -0.25) is 0 Å². The molecular formula is C10H14O3. The molecule has 3 nitrogen and oxygen atoms in total. The molecule has 3 heteroatoms. The summed E-state index contributed by atoms with van der Waals surface area (Å²) in [5.41, 5.74) is 0. The van der Waals surface area contributed by atoms with Gasteiger partial charge in [-0.1, -0.05) is 0 Å². The summed E-state index contributed by atoms with van der Waals surface area (Å²) in [6.45, 7) is 4.94. The van der Waals surface area contributed by atoms with Gasteiger partial charge in [0.2, 0.25) is 0 Å². The molecule has 0 saturated heterocycles. The Bertz CT molecular complexity index is 247. The van der Waals surface area contributed by atoms with Gasteiger partial charge in [-0.05, 0) is 13.8 Å². The van der Waals surface area contributed by atoms with Crippen molar-refractivity contribution in [1.29, 1.82) is 0 Å². The molecular weight excluding hydrogens is 168 g/mol. The van der Waals surface area contributed by atoms with E-state index in [9.17, 15) is 5.11 Å². The van der Waals surface area contributed by atoms with Crippen LogP contribution in [0.2, 0.25) is 0 Å². The molecule has 0 aliphatic rings. The average Bonchev–Trinajstić information content (AvgIpc) is 2.04. The lowest BCUT2D eigenvalue weighted by Crippen LogP contribution is -1.94. The molecule has 1 N–H and O–H groups in total. The quantitative estimate of drug-likeness (QED) is 0.775. The Hall–Kier alpha value is -1.38. The summed E-state index contributed by atoms with van der Waals surface area (Å²) in [4.78, 5) is 0. The lowest BCUT2D eigenvalue weighted by atomic mass is 10.3. The van der Waals surface area contributed by atoms with E-state index in [1.165, 1.54) is 0 Å². The lowest BCUT2D eigenvalue weighted by molar-refractivity contribution is 0.319. The van der Waals surface area contributed by atoms with Gasteiger partial charge in [-0.2, -0.15) is 0 Å². The standard InChI is InChI=1S/C10H14O3/c1-3-12-9-5-8(11)6-10(7-9)13-4-2/h5-7,11H,3-4H2,1-2H3. The Labute approximate surface area is 77.9 Å². The van der Waals surface area contributed by atoms with Crippen LogP contribution in [0.5, 0.6) is 17.2 Å². The average molecular weight is 182 g/mol. The molecule has 0 spiro atoms. The molecule has 0 atom stereocenters. The number of phenols is 1.